The summed E-state index contributed by atoms with van der Waals surface area (Å²) in [5, 5.41) is 0.493. The second-order valence-corrected chi connectivity index (χ2v) is 5.49. The molecule has 0 saturated heterocycles. The van der Waals surface area contributed by atoms with E-state index in [1.807, 2.05) is 0 Å². The SMILES string of the molecule is O=S(F)(=Nc1ccc(Cl)c(Cl)c1)Oc1ccccc1. The van der Waals surface area contributed by atoms with Crippen molar-refractivity contribution in [1.29, 1.82) is 0 Å². The Balaban J connectivity index is 2.30. The number of para-hydroxylation sites is 1. The molecule has 2 aromatic carbocycles. The van der Waals surface area contributed by atoms with Gasteiger partial charge in [-0.3, -0.25) is 0 Å². The lowest BCUT2D eigenvalue weighted by atomic mass is 10.3. The monoisotopic (exact) mass is 319 g/mol. The first-order valence-electron chi connectivity index (χ1n) is 5.12. The molecule has 0 fully saturated rings. The van der Waals surface area contributed by atoms with E-state index in [1.54, 1.807) is 18.2 Å². The first kappa shape index (κ1) is 14.1. The molecule has 3 nitrogen and oxygen atoms in total. The van der Waals surface area contributed by atoms with Crippen molar-refractivity contribution >= 4 is 39.3 Å². The molecule has 0 spiro atoms. The Morgan fingerprint density at radius 2 is 1.74 bits per heavy atom. The second-order valence-electron chi connectivity index (χ2n) is 3.50. The maximum absolute atomic E-state index is 13.8. The van der Waals surface area contributed by atoms with Crippen molar-refractivity contribution in [2.45, 2.75) is 0 Å². The van der Waals surface area contributed by atoms with E-state index in [0.29, 0.717) is 5.02 Å². The fourth-order valence-electron chi connectivity index (χ4n) is 1.28. The van der Waals surface area contributed by atoms with Gasteiger partial charge in [-0.1, -0.05) is 45.3 Å². The fraction of sp³-hybridized carbons (Fsp3) is 0. The largest absolute Gasteiger partial charge is 0.382 e. The highest BCUT2D eigenvalue weighted by molar-refractivity contribution is 7.84. The molecule has 7 heteroatoms. The van der Waals surface area contributed by atoms with Crippen LogP contribution in [0, 0.1) is 0 Å². The third-order valence-corrected chi connectivity index (χ3v) is 3.63. The van der Waals surface area contributed by atoms with Gasteiger partial charge in [0, 0.05) is 0 Å². The molecule has 0 amide bonds. The van der Waals surface area contributed by atoms with Crippen LogP contribution in [0.25, 0.3) is 0 Å². The molecular formula is C12H8Cl2FNO2S. The van der Waals surface area contributed by atoms with Gasteiger partial charge in [-0.25, -0.2) is 0 Å². The zero-order valence-electron chi connectivity index (χ0n) is 9.42. The number of rotatable bonds is 3. The van der Waals surface area contributed by atoms with Crippen LogP contribution in [-0.4, -0.2) is 4.21 Å². The van der Waals surface area contributed by atoms with Gasteiger partial charge >= 0.3 is 10.4 Å². The Morgan fingerprint density at radius 3 is 2.37 bits per heavy atom. The van der Waals surface area contributed by atoms with Crippen molar-refractivity contribution in [3.63, 3.8) is 0 Å². The van der Waals surface area contributed by atoms with Gasteiger partial charge < -0.3 is 4.18 Å². The first-order chi connectivity index (χ1) is 8.96. The normalized spacial score (nSPS) is 13.6. The summed E-state index contributed by atoms with van der Waals surface area (Å²) >= 11 is 11.5. The molecule has 100 valence electrons. The van der Waals surface area contributed by atoms with Crippen molar-refractivity contribution in [1.82, 2.24) is 0 Å². The average Bonchev–Trinajstić information content (AvgIpc) is 2.34. The molecule has 2 rings (SSSR count). The minimum Gasteiger partial charge on any atom is -0.373 e. The Labute approximate surface area is 120 Å². The van der Waals surface area contributed by atoms with Gasteiger partial charge in [0.25, 0.3) is 0 Å². The zero-order chi connectivity index (χ0) is 13.9. The molecule has 0 aromatic heterocycles. The molecule has 1 atom stereocenters. The maximum Gasteiger partial charge on any atom is 0.382 e. The standard InChI is InChI=1S/C12H8Cl2FNO2S/c13-11-7-6-9(8-12(11)14)16-19(15,17)18-10-4-2-1-3-5-10/h1-8H. The van der Waals surface area contributed by atoms with Gasteiger partial charge in [0.2, 0.25) is 0 Å². The van der Waals surface area contributed by atoms with Crippen molar-refractivity contribution in [3.05, 3.63) is 58.6 Å². The lowest BCUT2D eigenvalue weighted by Crippen LogP contribution is -2.00. The summed E-state index contributed by atoms with van der Waals surface area (Å²) in [5.74, 6) is 0.124. The van der Waals surface area contributed by atoms with Crippen LogP contribution in [0.1, 0.15) is 0 Å². The van der Waals surface area contributed by atoms with E-state index in [4.69, 9.17) is 27.4 Å². The van der Waals surface area contributed by atoms with Crippen molar-refractivity contribution in [3.8, 4) is 5.75 Å². The van der Waals surface area contributed by atoms with Gasteiger partial charge in [-0.05, 0) is 30.3 Å². The first-order valence-corrected chi connectivity index (χ1v) is 7.22. The molecule has 0 saturated carbocycles. The van der Waals surface area contributed by atoms with Crippen LogP contribution in [0.4, 0.5) is 9.57 Å². The summed E-state index contributed by atoms with van der Waals surface area (Å²) in [6.07, 6.45) is 0. The summed E-state index contributed by atoms with van der Waals surface area (Å²) < 4.78 is 33.4. The summed E-state index contributed by atoms with van der Waals surface area (Å²) in [6, 6.07) is 12.1. The quantitative estimate of drug-likeness (QED) is 0.749. The fourth-order valence-corrected chi connectivity index (χ4v) is 2.32. The highest BCUT2D eigenvalue weighted by Crippen LogP contribution is 2.28. The molecule has 0 heterocycles. The highest BCUT2D eigenvalue weighted by Gasteiger charge is 2.10. The van der Waals surface area contributed by atoms with Gasteiger partial charge in [-0.2, -0.15) is 4.21 Å². The molecule has 0 N–H and O–H groups in total. The topological polar surface area (TPSA) is 38.7 Å². The van der Waals surface area contributed by atoms with E-state index in [1.165, 1.54) is 30.3 Å². The number of hydrogen-bond acceptors (Lipinski definition) is 3. The molecular weight excluding hydrogens is 312 g/mol. The Morgan fingerprint density at radius 1 is 1.05 bits per heavy atom. The van der Waals surface area contributed by atoms with Gasteiger partial charge in [0.15, 0.2) is 0 Å². The van der Waals surface area contributed by atoms with Gasteiger partial charge in [-0.15, -0.1) is 4.36 Å². The molecule has 0 bridgehead atoms. The maximum atomic E-state index is 13.8. The van der Waals surface area contributed by atoms with Gasteiger partial charge in [0.1, 0.15) is 5.75 Å². The van der Waals surface area contributed by atoms with Crippen molar-refractivity contribution in [2.75, 3.05) is 0 Å². The van der Waals surface area contributed by atoms with E-state index in [0.717, 1.165) is 0 Å². The second kappa shape index (κ2) is 5.77. The third-order valence-electron chi connectivity index (χ3n) is 2.06. The average molecular weight is 320 g/mol. The molecule has 19 heavy (non-hydrogen) atoms. The number of nitrogens with zero attached hydrogens (tertiary/aromatic N) is 1. The molecule has 0 aliphatic heterocycles. The summed E-state index contributed by atoms with van der Waals surface area (Å²) in [6.45, 7) is 0. The minimum absolute atomic E-state index is 0.0813. The molecule has 1 unspecified atom stereocenters. The summed E-state index contributed by atoms with van der Waals surface area (Å²) in [5.41, 5.74) is 0.0813. The lowest BCUT2D eigenvalue weighted by Gasteiger charge is -2.03. The lowest BCUT2D eigenvalue weighted by molar-refractivity contribution is 0.505. The van der Waals surface area contributed by atoms with Crippen LogP contribution in [0.2, 0.25) is 10.0 Å². The van der Waals surface area contributed by atoms with E-state index in [9.17, 15) is 8.09 Å². The van der Waals surface area contributed by atoms with Crippen molar-refractivity contribution < 1.29 is 12.3 Å². The Hall–Kier alpha value is -1.30. The van der Waals surface area contributed by atoms with Crippen molar-refractivity contribution in [2.24, 2.45) is 4.36 Å². The molecule has 2 aromatic rings. The molecule has 0 radical (unpaired) electrons. The Kier molecular flexibility index (Phi) is 4.29. The van der Waals surface area contributed by atoms with E-state index >= 15 is 0 Å². The summed E-state index contributed by atoms with van der Waals surface area (Å²) in [4.78, 5) is 0. The van der Waals surface area contributed by atoms with Crippen LogP contribution >= 0.6 is 23.2 Å². The van der Waals surface area contributed by atoms with Crippen LogP contribution in [0.3, 0.4) is 0 Å². The zero-order valence-corrected chi connectivity index (χ0v) is 11.8. The summed E-state index contributed by atoms with van der Waals surface area (Å²) in [7, 11) is -4.34. The van der Waals surface area contributed by atoms with Crippen LogP contribution in [0.5, 0.6) is 5.75 Å². The molecule has 0 aliphatic carbocycles. The molecule has 0 aliphatic rings. The minimum atomic E-state index is -4.34. The Bertz CT molecular complexity index is 700. The van der Waals surface area contributed by atoms with Crippen LogP contribution in [0.15, 0.2) is 52.9 Å². The van der Waals surface area contributed by atoms with Gasteiger partial charge in [0.05, 0.1) is 15.7 Å². The van der Waals surface area contributed by atoms with E-state index in [-0.39, 0.29) is 16.5 Å². The van der Waals surface area contributed by atoms with Crippen LogP contribution < -0.4 is 4.18 Å². The number of halogens is 3. The number of benzene rings is 2. The van der Waals surface area contributed by atoms with Crippen LogP contribution in [-0.2, 0) is 10.4 Å². The predicted octanol–water partition coefficient (Wildman–Crippen LogP) is 4.97. The van der Waals surface area contributed by atoms with E-state index < -0.39 is 10.4 Å². The van der Waals surface area contributed by atoms with E-state index in [2.05, 4.69) is 4.36 Å². The highest BCUT2D eigenvalue weighted by atomic mass is 35.5. The third kappa shape index (κ3) is 4.09. The smallest absolute Gasteiger partial charge is 0.373 e. The number of hydrogen-bond donors (Lipinski definition) is 0. The predicted molar refractivity (Wildman–Crippen MR) is 74.9 cm³/mol.